The molecule has 0 aliphatic carbocycles. The van der Waals surface area contributed by atoms with Gasteiger partial charge in [0.15, 0.2) is 0 Å². The molecule has 1 aromatic rings. The summed E-state index contributed by atoms with van der Waals surface area (Å²) >= 11 is 12.0. The Morgan fingerprint density at radius 3 is 2.72 bits per heavy atom. The molecule has 0 saturated carbocycles. The third-order valence-electron chi connectivity index (χ3n) is 3.29. The average molecular weight is 289 g/mol. The van der Waals surface area contributed by atoms with Crippen molar-refractivity contribution in [3.05, 3.63) is 32.3 Å². The van der Waals surface area contributed by atoms with E-state index in [1.807, 2.05) is 4.90 Å². The third kappa shape index (κ3) is 2.54. The molecule has 1 saturated heterocycles. The molecule has 1 fully saturated rings. The molecule has 0 amide bonds. The van der Waals surface area contributed by atoms with Gasteiger partial charge in [-0.2, -0.15) is 0 Å². The van der Waals surface area contributed by atoms with Gasteiger partial charge in [0.05, 0.1) is 9.95 Å². The van der Waals surface area contributed by atoms with Crippen molar-refractivity contribution in [1.82, 2.24) is 0 Å². The van der Waals surface area contributed by atoms with Gasteiger partial charge in [-0.3, -0.25) is 10.1 Å². The number of benzene rings is 1. The molecule has 0 radical (unpaired) electrons. The van der Waals surface area contributed by atoms with Gasteiger partial charge in [-0.05, 0) is 32.3 Å². The lowest BCUT2D eigenvalue weighted by atomic mass is 10.0. The van der Waals surface area contributed by atoms with Crippen molar-refractivity contribution < 1.29 is 4.92 Å². The van der Waals surface area contributed by atoms with Crippen LogP contribution in [0, 0.1) is 10.1 Å². The van der Waals surface area contributed by atoms with Crippen LogP contribution in [-0.4, -0.2) is 17.5 Å². The third-order valence-corrected chi connectivity index (χ3v) is 3.80. The Bertz CT molecular complexity index is 479. The summed E-state index contributed by atoms with van der Waals surface area (Å²) in [6.07, 6.45) is 3.20. The smallest absolute Gasteiger partial charge is 0.295 e. The highest BCUT2D eigenvalue weighted by Crippen LogP contribution is 2.40. The number of hydrogen-bond acceptors (Lipinski definition) is 3. The molecule has 0 unspecified atom stereocenters. The Hall–Kier alpha value is -1.00. The first-order chi connectivity index (χ1) is 8.50. The van der Waals surface area contributed by atoms with Crippen LogP contribution in [0.4, 0.5) is 11.4 Å². The normalized spacial score (nSPS) is 19.9. The number of nitrogens with zero attached hydrogens (tertiary/aromatic N) is 2. The molecule has 1 aliphatic rings. The van der Waals surface area contributed by atoms with Crippen molar-refractivity contribution in [3.8, 4) is 0 Å². The van der Waals surface area contributed by atoms with Gasteiger partial charge in [-0.25, -0.2) is 0 Å². The van der Waals surface area contributed by atoms with Gasteiger partial charge < -0.3 is 4.90 Å². The quantitative estimate of drug-likeness (QED) is 0.603. The lowest BCUT2D eigenvalue weighted by Gasteiger charge is -2.35. The van der Waals surface area contributed by atoms with Crippen molar-refractivity contribution in [3.63, 3.8) is 0 Å². The van der Waals surface area contributed by atoms with Crippen LogP contribution in [0.15, 0.2) is 12.1 Å². The second-order valence-corrected chi connectivity index (χ2v) is 5.39. The van der Waals surface area contributed by atoms with Crippen LogP contribution in [0.5, 0.6) is 0 Å². The number of nitro groups is 1. The van der Waals surface area contributed by atoms with Gasteiger partial charge >= 0.3 is 0 Å². The number of halogens is 2. The minimum Gasteiger partial charge on any atom is -0.362 e. The summed E-state index contributed by atoms with van der Waals surface area (Å²) < 4.78 is 0. The van der Waals surface area contributed by atoms with Crippen LogP contribution in [0.3, 0.4) is 0 Å². The fourth-order valence-corrected chi connectivity index (χ4v) is 3.00. The van der Waals surface area contributed by atoms with Crippen LogP contribution >= 0.6 is 23.2 Å². The summed E-state index contributed by atoms with van der Waals surface area (Å²) in [6, 6.07) is 3.19. The lowest BCUT2D eigenvalue weighted by molar-refractivity contribution is -0.384. The maximum Gasteiger partial charge on any atom is 0.295 e. The average Bonchev–Trinajstić information content (AvgIpc) is 2.29. The number of piperidine rings is 1. The summed E-state index contributed by atoms with van der Waals surface area (Å²) in [6.45, 7) is 2.86. The molecular formula is C12H14Cl2N2O2. The first kappa shape index (κ1) is 13.4. The Labute approximate surface area is 116 Å². The van der Waals surface area contributed by atoms with Gasteiger partial charge in [0.2, 0.25) is 0 Å². The van der Waals surface area contributed by atoms with Gasteiger partial charge in [0.1, 0.15) is 5.69 Å². The van der Waals surface area contributed by atoms with Crippen molar-refractivity contribution in [2.45, 2.75) is 32.2 Å². The van der Waals surface area contributed by atoms with E-state index >= 15 is 0 Å². The fourth-order valence-electron chi connectivity index (χ4n) is 2.41. The summed E-state index contributed by atoms with van der Waals surface area (Å²) in [5.74, 6) is 0. The number of rotatable bonds is 2. The zero-order valence-electron chi connectivity index (χ0n) is 10.0. The molecule has 6 heteroatoms. The number of nitro benzene ring substituents is 1. The van der Waals surface area contributed by atoms with E-state index < -0.39 is 4.92 Å². The standard InChI is InChI=1S/C12H14Cl2N2O2/c1-8-4-2-3-5-15(8)12-10(14)6-9(13)7-11(12)16(17)18/h6-8H,2-5H2,1H3/t8-/m0/s1. The summed E-state index contributed by atoms with van der Waals surface area (Å²) in [7, 11) is 0. The van der Waals surface area contributed by atoms with Gasteiger partial charge in [0, 0.05) is 23.7 Å². The van der Waals surface area contributed by atoms with E-state index in [2.05, 4.69) is 6.92 Å². The van der Waals surface area contributed by atoms with Crippen LogP contribution in [0.1, 0.15) is 26.2 Å². The minimum atomic E-state index is -0.422. The van der Waals surface area contributed by atoms with E-state index in [4.69, 9.17) is 23.2 Å². The number of hydrogen-bond donors (Lipinski definition) is 0. The van der Waals surface area contributed by atoms with Crippen molar-refractivity contribution in [2.24, 2.45) is 0 Å². The fraction of sp³-hybridized carbons (Fsp3) is 0.500. The largest absolute Gasteiger partial charge is 0.362 e. The SMILES string of the molecule is C[C@H]1CCCCN1c1c(Cl)cc(Cl)cc1[N+](=O)[O-]. The van der Waals surface area contributed by atoms with Crippen molar-refractivity contribution in [1.29, 1.82) is 0 Å². The summed E-state index contributed by atoms with van der Waals surface area (Å²) in [4.78, 5) is 12.7. The molecule has 0 N–H and O–H groups in total. The zero-order valence-corrected chi connectivity index (χ0v) is 11.5. The topological polar surface area (TPSA) is 46.4 Å². The Kier molecular flexibility index (Phi) is 3.97. The second kappa shape index (κ2) is 5.33. The summed E-state index contributed by atoms with van der Waals surface area (Å²) in [5, 5.41) is 11.8. The van der Waals surface area contributed by atoms with Crippen LogP contribution in [0.2, 0.25) is 10.0 Å². The minimum absolute atomic E-state index is 0.0127. The maximum atomic E-state index is 11.1. The van der Waals surface area contributed by atoms with Crippen molar-refractivity contribution >= 4 is 34.6 Å². The molecule has 4 nitrogen and oxygen atoms in total. The molecule has 98 valence electrons. The molecule has 1 aromatic carbocycles. The Balaban J connectivity index is 2.51. The second-order valence-electron chi connectivity index (χ2n) is 4.55. The van der Waals surface area contributed by atoms with Gasteiger partial charge in [-0.1, -0.05) is 23.2 Å². The van der Waals surface area contributed by atoms with E-state index in [0.717, 1.165) is 25.8 Å². The summed E-state index contributed by atoms with van der Waals surface area (Å²) in [5.41, 5.74) is 0.486. The zero-order chi connectivity index (χ0) is 13.3. The molecule has 0 aromatic heterocycles. The maximum absolute atomic E-state index is 11.1. The first-order valence-electron chi connectivity index (χ1n) is 5.91. The van der Waals surface area contributed by atoms with Crippen LogP contribution < -0.4 is 4.90 Å². The monoisotopic (exact) mass is 288 g/mol. The van der Waals surface area contributed by atoms with E-state index in [1.165, 1.54) is 6.07 Å². The highest BCUT2D eigenvalue weighted by atomic mass is 35.5. The van der Waals surface area contributed by atoms with Crippen LogP contribution in [0.25, 0.3) is 0 Å². The molecule has 1 atom stereocenters. The predicted octanol–water partition coefficient (Wildman–Crippen LogP) is 4.28. The molecule has 0 bridgehead atoms. The number of anilines is 1. The Morgan fingerprint density at radius 2 is 2.11 bits per heavy atom. The predicted molar refractivity (Wildman–Crippen MR) is 73.8 cm³/mol. The molecule has 18 heavy (non-hydrogen) atoms. The highest BCUT2D eigenvalue weighted by Gasteiger charge is 2.28. The van der Waals surface area contributed by atoms with E-state index in [9.17, 15) is 10.1 Å². The molecule has 0 spiro atoms. The lowest BCUT2D eigenvalue weighted by Crippen LogP contribution is -2.38. The Morgan fingerprint density at radius 1 is 1.39 bits per heavy atom. The first-order valence-corrected chi connectivity index (χ1v) is 6.66. The molecule has 2 rings (SSSR count). The van der Waals surface area contributed by atoms with Crippen LogP contribution in [-0.2, 0) is 0 Å². The highest BCUT2D eigenvalue weighted by molar-refractivity contribution is 6.37. The molecular weight excluding hydrogens is 275 g/mol. The van der Waals surface area contributed by atoms with Gasteiger partial charge in [0.25, 0.3) is 5.69 Å². The van der Waals surface area contributed by atoms with E-state index in [1.54, 1.807) is 6.07 Å². The van der Waals surface area contributed by atoms with Gasteiger partial charge in [-0.15, -0.1) is 0 Å². The van der Waals surface area contributed by atoms with E-state index in [-0.39, 0.29) is 11.7 Å². The van der Waals surface area contributed by atoms with E-state index in [0.29, 0.717) is 15.7 Å². The molecule has 1 heterocycles. The van der Waals surface area contributed by atoms with Crippen molar-refractivity contribution in [2.75, 3.05) is 11.4 Å². The molecule has 1 aliphatic heterocycles.